The van der Waals surface area contributed by atoms with Gasteiger partial charge in [0.05, 0.1) is 7.11 Å². The van der Waals surface area contributed by atoms with Gasteiger partial charge in [-0.3, -0.25) is 0 Å². The molecule has 1 aliphatic rings. The minimum Gasteiger partial charge on any atom is -0.496 e. The average molecular weight is 205 g/mol. The van der Waals surface area contributed by atoms with Gasteiger partial charge in [-0.25, -0.2) is 0 Å². The lowest BCUT2D eigenvalue weighted by atomic mass is 10.0. The van der Waals surface area contributed by atoms with Gasteiger partial charge in [0.1, 0.15) is 5.75 Å². The lowest BCUT2D eigenvalue weighted by molar-refractivity contribution is 0.401. The molecule has 0 heterocycles. The van der Waals surface area contributed by atoms with Crippen LogP contribution in [-0.4, -0.2) is 13.2 Å². The lowest BCUT2D eigenvalue weighted by Crippen LogP contribution is -2.21. The molecule has 0 aromatic heterocycles. The number of ether oxygens (including phenoxy) is 1. The zero-order valence-electron chi connectivity index (χ0n) is 9.71. The molecule has 1 atom stereocenters. The van der Waals surface area contributed by atoms with Crippen LogP contribution < -0.4 is 10.1 Å². The van der Waals surface area contributed by atoms with Crippen molar-refractivity contribution in [2.24, 2.45) is 0 Å². The highest BCUT2D eigenvalue weighted by atomic mass is 16.5. The van der Waals surface area contributed by atoms with Crippen LogP contribution in [0.15, 0.2) is 18.2 Å². The Kier molecular flexibility index (Phi) is 2.96. The van der Waals surface area contributed by atoms with E-state index >= 15 is 0 Å². The van der Waals surface area contributed by atoms with Crippen LogP contribution in [0.2, 0.25) is 0 Å². The first-order chi connectivity index (χ1) is 7.20. The van der Waals surface area contributed by atoms with Gasteiger partial charge in [-0.15, -0.1) is 0 Å². The predicted octanol–water partition coefficient (Wildman–Crippen LogP) is 2.82. The van der Waals surface area contributed by atoms with E-state index in [1.165, 1.54) is 24.0 Å². The normalized spacial score (nSPS) is 17.5. The molecule has 2 nitrogen and oxygen atoms in total. The molecular formula is C13H19NO. The Hall–Kier alpha value is -1.02. The van der Waals surface area contributed by atoms with Crippen molar-refractivity contribution in [2.45, 2.75) is 38.8 Å². The summed E-state index contributed by atoms with van der Waals surface area (Å²) in [6.45, 7) is 4.32. The van der Waals surface area contributed by atoms with Crippen molar-refractivity contribution in [3.63, 3.8) is 0 Å². The first-order valence-electron chi connectivity index (χ1n) is 5.61. The van der Waals surface area contributed by atoms with Crippen molar-refractivity contribution in [3.05, 3.63) is 29.3 Å². The summed E-state index contributed by atoms with van der Waals surface area (Å²) in [6.07, 6.45) is 2.64. The van der Waals surface area contributed by atoms with Gasteiger partial charge in [0.25, 0.3) is 0 Å². The first kappa shape index (κ1) is 10.5. The number of hydrogen-bond acceptors (Lipinski definition) is 2. The Labute approximate surface area is 91.6 Å². The summed E-state index contributed by atoms with van der Waals surface area (Å²) in [5, 5.41) is 3.59. The summed E-state index contributed by atoms with van der Waals surface area (Å²) < 4.78 is 5.38. The maximum Gasteiger partial charge on any atom is 0.123 e. The Bertz CT molecular complexity index is 344. The fourth-order valence-corrected chi connectivity index (χ4v) is 1.89. The third-order valence-corrected chi connectivity index (χ3v) is 2.91. The summed E-state index contributed by atoms with van der Waals surface area (Å²) >= 11 is 0. The van der Waals surface area contributed by atoms with Gasteiger partial charge in [-0.2, -0.15) is 0 Å². The molecule has 0 saturated heterocycles. The van der Waals surface area contributed by atoms with Gasteiger partial charge < -0.3 is 10.1 Å². The van der Waals surface area contributed by atoms with Crippen LogP contribution in [0, 0.1) is 6.92 Å². The van der Waals surface area contributed by atoms with Gasteiger partial charge in [-0.05, 0) is 32.8 Å². The molecule has 82 valence electrons. The third-order valence-electron chi connectivity index (χ3n) is 2.91. The molecule has 0 unspecified atom stereocenters. The van der Waals surface area contributed by atoms with E-state index in [1.54, 1.807) is 7.11 Å². The standard InChI is InChI=1S/C13H19NO/c1-9-4-7-13(15-3)12(8-9)10(2)14-11-5-6-11/h4,7-8,10-11,14H,5-6H2,1-3H3/t10-/m1/s1. The van der Waals surface area contributed by atoms with Crippen molar-refractivity contribution >= 4 is 0 Å². The Morgan fingerprint density at radius 2 is 2.13 bits per heavy atom. The van der Waals surface area contributed by atoms with E-state index in [4.69, 9.17) is 4.74 Å². The molecule has 1 aliphatic carbocycles. The summed E-state index contributed by atoms with van der Waals surface area (Å²) in [5.74, 6) is 0.987. The van der Waals surface area contributed by atoms with Crippen molar-refractivity contribution in [1.29, 1.82) is 0 Å². The van der Waals surface area contributed by atoms with Crippen molar-refractivity contribution in [3.8, 4) is 5.75 Å². The molecule has 0 spiro atoms. The predicted molar refractivity (Wildman–Crippen MR) is 62.3 cm³/mol. The molecule has 1 aromatic carbocycles. The highest BCUT2D eigenvalue weighted by molar-refractivity contribution is 5.39. The van der Waals surface area contributed by atoms with Gasteiger partial charge in [0, 0.05) is 17.6 Å². The number of rotatable bonds is 4. The fraction of sp³-hybridized carbons (Fsp3) is 0.538. The van der Waals surface area contributed by atoms with Crippen LogP contribution in [0.25, 0.3) is 0 Å². The number of nitrogens with one attached hydrogen (secondary N) is 1. The molecule has 2 heteroatoms. The highest BCUT2D eigenvalue weighted by Crippen LogP contribution is 2.29. The monoisotopic (exact) mass is 205 g/mol. The molecule has 0 amide bonds. The Morgan fingerprint density at radius 3 is 2.73 bits per heavy atom. The largest absolute Gasteiger partial charge is 0.496 e. The number of aryl methyl sites for hydroxylation is 1. The maximum atomic E-state index is 5.38. The summed E-state index contributed by atoms with van der Waals surface area (Å²) in [5.41, 5.74) is 2.56. The second kappa shape index (κ2) is 4.23. The molecule has 1 aromatic rings. The van der Waals surface area contributed by atoms with E-state index < -0.39 is 0 Å². The van der Waals surface area contributed by atoms with Crippen LogP contribution in [-0.2, 0) is 0 Å². The molecule has 0 radical (unpaired) electrons. The second-order valence-corrected chi connectivity index (χ2v) is 4.41. The number of benzene rings is 1. The summed E-state index contributed by atoms with van der Waals surface area (Å²) in [6, 6.07) is 7.46. The zero-order chi connectivity index (χ0) is 10.8. The number of hydrogen-bond donors (Lipinski definition) is 1. The zero-order valence-corrected chi connectivity index (χ0v) is 9.71. The molecule has 0 bridgehead atoms. The summed E-state index contributed by atoms with van der Waals surface area (Å²) in [4.78, 5) is 0. The van der Waals surface area contributed by atoms with Crippen molar-refractivity contribution in [1.82, 2.24) is 5.32 Å². The number of methoxy groups -OCH3 is 1. The van der Waals surface area contributed by atoms with E-state index in [0.29, 0.717) is 6.04 Å². The van der Waals surface area contributed by atoms with Crippen LogP contribution >= 0.6 is 0 Å². The van der Waals surface area contributed by atoms with Crippen LogP contribution in [0.5, 0.6) is 5.75 Å². The minimum atomic E-state index is 0.382. The van der Waals surface area contributed by atoms with Gasteiger partial charge in [-0.1, -0.05) is 17.7 Å². The fourth-order valence-electron chi connectivity index (χ4n) is 1.89. The van der Waals surface area contributed by atoms with E-state index in [0.717, 1.165) is 11.8 Å². The third kappa shape index (κ3) is 2.51. The molecule has 1 N–H and O–H groups in total. The Morgan fingerprint density at radius 1 is 1.40 bits per heavy atom. The van der Waals surface area contributed by atoms with E-state index in [2.05, 4.69) is 37.4 Å². The Balaban J connectivity index is 2.18. The van der Waals surface area contributed by atoms with E-state index in [-0.39, 0.29) is 0 Å². The quantitative estimate of drug-likeness (QED) is 0.816. The lowest BCUT2D eigenvalue weighted by Gasteiger charge is -2.17. The molecular weight excluding hydrogens is 186 g/mol. The van der Waals surface area contributed by atoms with Gasteiger partial charge in [0.2, 0.25) is 0 Å². The molecule has 1 fully saturated rings. The minimum absolute atomic E-state index is 0.382. The van der Waals surface area contributed by atoms with Crippen molar-refractivity contribution < 1.29 is 4.74 Å². The molecule has 0 aliphatic heterocycles. The summed E-state index contributed by atoms with van der Waals surface area (Å²) in [7, 11) is 1.73. The average Bonchev–Trinajstić information content (AvgIpc) is 3.01. The maximum absolute atomic E-state index is 5.38. The molecule has 1 saturated carbocycles. The van der Waals surface area contributed by atoms with Gasteiger partial charge >= 0.3 is 0 Å². The van der Waals surface area contributed by atoms with Crippen LogP contribution in [0.4, 0.5) is 0 Å². The van der Waals surface area contributed by atoms with E-state index in [1.807, 2.05) is 0 Å². The van der Waals surface area contributed by atoms with Crippen molar-refractivity contribution in [2.75, 3.05) is 7.11 Å². The van der Waals surface area contributed by atoms with Crippen LogP contribution in [0.1, 0.15) is 36.9 Å². The SMILES string of the molecule is COc1ccc(C)cc1[C@@H](C)NC1CC1. The highest BCUT2D eigenvalue weighted by Gasteiger charge is 2.24. The topological polar surface area (TPSA) is 21.3 Å². The van der Waals surface area contributed by atoms with E-state index in [9.17, 15) is 0 Å². The molecule has 15 heavy (non-hydrogen) atoms. The second-order valence-electron chi connectivity index (χ2n) is 4.41. The van der Waals surface area contributed by atoms with Crippen LogP contribution in [0.3, 0.4) is 0 Å². The van der Waals surface area contributed by atoms with Gasteiger partial charge in [0.15, 0.2) is 0 Å². The first-order valence-corrected chi connectivity index (χ1v) is 5.61. The molecule has 2 rings (SSSR count). The smallest absolute Gasteiger partial charge is 0.123 e.